The van der Waals surface area contributed by atoms with Gasteiger partial charge in [0.2, 0.25) is 0 Å². The Bertz CT molecular complexity index is 570. The van der Waals surface area contributed by atoms with Crippen molar-refractivity contribution < 1.29 is 19.1 Å². The summed E-state index contributed by atoms with van der Waals surface area (Å²) in [6, 6.07) is 7.75. The fraction of sp³-hybridized carbons (Fsp3) is 0.600. The molecule has 0 unspecified atom stereocenters. The Labute approximate surface area is 150 Å². The van der Waals surface area contributed by atoms with Crippen molar-refractivity contribution in [1.29, 1.82) is 0 Å². The molecule has 1 aliphatic carbocycles. The predicted molar refractivity (Wildman–Crippen MR) is 96.4 cm³/mol. The maximum Gasteiger partial charge on any atom is 0.306 e. The number of benzene rings is 1. The highest BCUT2D eigenvalue weighted by atomic mass is 16.5. The molecule has 0 radical (unpaired) electrons. The van der Waals surface area contributed by atoms with Gasteiger partial charge in [0, 0.05) is 12.5 Å². The number of methoxy groups -OCH3 is 1. The third kappa shape index (κ3) is 6.07. The summed E-state index contributed by atoms with van der Waals surface area (Å²) < 4.78 is 10.2. The molecule has 5 heteroatoms. The molecule has 1 amide bonds. The Hall–Kier alpha value is -2.04. The zero-order chi connectivity index (χ0) is 18.2. The van der Waals surface area contributed by atoms with Gasteiger partial charge >= 0.3 is 5.97 Å². The van der Waals surface area contributed by atoms with E-state index < -0.39 is 0 Å². The van der Waals surface area contributed by atoms with Crippen molar-refractivity contribution in [2.24, 2.45) is 11.8 Å². The van der Waals surface area contributed by atoms with Crippen LogP contribution in [0.1, 0.15) is 45.1 Å². The van der Waals surface area contributed by atoms with Gasteiger partial charge in [-0.1, -0.05) is 38.8 Å². The highest BCUT2D eigenvalue weighted by Gasteiger charge is 2.28. The number of nitrogens with one attached hydrogen (secondary N) is 1. The summed E-state index contributed by atoms with van der Waals surface area (Å²) in [6.45, 7) is 4.21. The zero-order valence-electron chi connectivity index (χ0n) is 15.4. The molecule has 1 aromatic carbocycles. The highest BCUT2D eigenvalue weighted by molar-refractivity contribution is 5.80. The maximum atomic E-state index is 12.0. The van der Waals surface area contributed by atoms with Crippen LogP contribution in [0, 0.1) is 11.8 Å². The molecule has 0 aromatic heterocycles. The molecule has 25 heavy (non-hydrogen) atoms. The van der Waals surface area contributed by atoms with Gasteiger partial charge in [0.25, 0.3) is 5.91 Å². The van der Waals surface area contributed by atoms with Gasteiger partial charge in [-0.25, -0.2) is 0 Å². The lowest BCUT2D eigenvalue weighted by Gasteiger charge is -2.34. The van der Waals surface area contributed by atoms with Crippen molar-refractivity contribution in [1.82, 2.24) is 5.32 Å². The number of hydrogen-bond acceptors (Lipinski definition) is 4. The van der Waals surface area contributed by atoms with Crippen LogP contribution in [-0.2, 0) is 20.7 Å². The summed E-state index contributed by atoms with van der Waals surface area (Å²) in [6.07, 6.45) is 4.20. The van der Waals surface area contributed by atoms with Crippen molar-refractivity contribution in [3.63, 3.8) is 0 Å². The van der Waals surface area contributed by atoms with Crippen LogP contribution < -0.4 is 10.1 Å². The number of carbonyl (C=O) groups excluding carboxylic acids is 2. The standard InChI is InChI=1S/C20H29NO4/c1-14-5-4-6-18(15(14)2)21-19(22)13-25-20(23)12-9-16-7-10-17(24-3)11-8-16/h7-8,10-11,14-15,18H,4-6,9,12-13H2,1-3H3,(H,21,22)/t14-,15-,18-/m1/s1. The maximum absolute atomic E-state index is 12.0. The normalized spacial score (nSPS) is 22.9. The molecule has 1 fully saturated rings. The van der Waals surface area contributed by atoms with Crippen molar-refractivity contribution in [3.8, 4) is 5.75 Å². The monoisotopic (exact) mass is 347 g/mol. The van der Waals surface area contributed by atoms with E-state index in [0.717, 1.165) is 24.2 Å². The van der Waals surface area contributed by atoms with Gasteiger partial charge in [-0.3, -0.25) is 9.59 Å². The first-order valence-electron chi connectivity index (χ1n) is 9.07. The number of amides is 1. The van der Waals surface area contributed by atoms with Crippen LogP contribution in [0.2, 0.25) is 0 Å². The van der Waals surface area contributed by atoms with Gasteiger partial charge in [0.15, 0.2) is 6.61 Å². The molecule has 2 rings (SSSR count). The minimum Gasteiger partial charge on any atom is -0.497 e. The molecule has 1 aromatic rings. The minimum atomic E-state index is -0.351. The average Bonchev–Trinajstić information content (AvgIpc) is 2.62. The molecular weight excluding hydrogens is 318 g/mol. The molecule has 138 valence electrons. The predicted octanol–water partition coefficient (Wildman–Crippen LogP) is 3.11. The van der Waals surface area contributed by atoms with Gasteiger partial charge in [0.05, 0.1) is 7.11 Å². The highest BCUT2D eigenvalue weighted by Crippen LogP contribution is 2.29. The molecular formula is C20H29NO4. The SMILES string of the molecule is COc1ccc(CCC(=O)OCC(=O)N[C@@H]2CCC[C@@H](C)[C@H]2C)cc1. The molecule has 3 atom stereocenters. The second kappa shape index (κ2) is 9.44. The second-order valence-corrected chi connectivity index (χ2v) is 6.95. The van der Waals surface area contributed by atoms with E-state index in [1.54, 1.807) is 7.11 Å². The quantitative estimate of drug-likeness (QED) is 0.770. The van der Waals surface area contributed by atoms with Crippen LogP contribution in [0.5, 0.6) is 5.75 Å². The van der Waals surface area contributed by atoms with Gasteiger partial charge < -0.3 is 14.8 Å². The van der Waals surface area contributed by atoms with Crippen LogP contribution in [0.15, 0.2) is 24.3 Å². The zero-order valence-corrected chi connectivity index (χ0v) is 15.4. The van der Waals surface area contributed by atoms with E-state index in [-0.39, 0.29) is 30.9 Å². The summed E-state index contributed by atoms with van der Waals surface area (Å²) in [5, 5.41) is 3.01. The lowest BCUT2D eigenvalue weighted by atomic mass is 9.78. The molecule has 0 saturated heterocycles. The smallest absolute Gasteiger partial charge is 0.306 e. The summed E-state index contributed by atoms with van der Waals surface area (Å²) in [4.78, 5) is 23.8. The van der Waals surface area contributed by atoms with E-state index >= 15 is 0 Å². The van der Waals surface area contributed by atoms with Crippen LogP contribution in [0.4, 0.5) is 0 Å². The first kappa shape index (κ1) is 19.3. The molecule has 1 aliphatic rings. The lowest BCUT2D eigenvalue weighted by molar-refractivity contribution is -0.148. The van der Waals surface area contributed by atoms with Crippen LogP contribution in [0.3, 0.4) is 0 Å². The van der Waals surface area contributed by atoms with E-state index in [9.17, 15) is 9.59 Å². The Kier molecular flexibility index (Phi) is 7.29. The fourth-order valence-electron chi connectivity index (χ4n) is 3.29. The van der Waals surface area contributed by atoms with E-state index in [4.69, 9.17) is 9.47 Å². The molecule has 0 aliphatic heterocycles. The summed E-state index contributed by atoms with van der Waals surface area (Å²) in [5.41, 5.74) is 1.03. The number of hydrogen-bond donors (Lipinski definition) is 1. The largest absolute Gasteiger partial charge is 0.497 e. The Balaban J connectivity index is 1.67. The van der Waals surface area contributed by atoms with Crippen molar-refractivity contribution in [2.45, 2.75) is 52.0 Å². The lowest BCUT2D eigenvalue weighted by Crippen LogP contribution is -2.45. The second-order valence-electron chi connectivity index (χ2n) is 6.95. The van der Waals surface area contributed by atoms with Gasteiger partial charge in [0.1, 0.15) is 5.75 Å². The Morgan fingerprint density at radius 2 is 1.88 bits per heavy atom. The van der Waals surface area contributed by atoms with Gasteiger partial charge in [-0.2, -0.15) is 0 Å². The van der Waals surface area contributed by atoms with E-state index in [1.165, 1.54) is 6.42 Å². The fourth-order valence-corrected chi connectivity index (χ4v) is 3.29. The first-order valence-corrected chi connectivity index (χ1v) is 9.07. The molecule has 1 N–H and O–H groups in total. The molecule has 0 heterocycles. The Morgan fingerprint density at radius 1 is 1.16 bits per heavy atom. The van der Waals surface area contributed by atoms with Crippen molar-refractivity contribution >= 4 is 11.9 Å². The topological polar surface area (TPSA) is 64.6 Å². The number of aryl methyl sites for hydroxylation is 1. The molecule has 0 bridgehead atoms. The first-order chi connectivity index (χ1) is 12.0. The number of carbonyl (C=O) groups is 2. The van der Waals surface area contributed by atoms with Gasteiger partial charge in [-0.15, -0.1) is 0 Å². The average molecular weight is 347 g/mol. The Morgan fingerprint density at radius 3 is 2.56 bits per heavy atom. The van der Waals surface area contributed by atoms with E-state index in [0.29, 0.717) is 18.3 Å². The minimum absolute atomic E-state index is 0.189. The summed E-state index contributed by atoms with van der Waals surface area (Å²) in [5.74, 6) is 1.31. The van der Waals surface area contributed by atoms with E-state index in [2.05, 4.69) is 19.2 Å². The number of rotatable bonds is 7. The summed E-state index contributed by atoms with van der Waals surface area (Å²) >= 11 is 0. The van der Waals surface area contributed by atoms with E-state index in [1.807, 2.05) is 24.3 Å². The molecule has 1 saturated carbocycles. The van der Waals surface area contributed by atoms with Gasteiger partial charge in [-0.05, 0) is 42.4 Å². The van der Waals surface area contributed by atoms with Crippen LogP contribution >= 0.6 is 0 Å². The molecule has 0 spiro atoms. The van der Waals surface area contributed by atoms with Crippen molar-refractivity contribution in [3.05, 3.63) is 29.8 Å². The third-order valence-electron chi connectivity index (χ3n) is 5.19. The molecule has 5 nitrogen and oxygen atoms in total. The van der Waals surface area contributed by atoms with Crippen LogP contribution in [0.25, 0.3) is 0 Å². The third-order valence-corrected chi connectivity index (χ3v) is 5.19. The van der Waals surface area contributed by atoms with Crippen LogP contribution in [-0.4, -0.2) is 31.6 Å². The number of ether oxygens (including phenoxy) is 2. The number of esters is 1. The summed E-state index contributed by atoms with van der Waals surface area (Å²) in [7, 11) is 1.62. The van der Waals surface area contributed by atoms with Crippen molar-refractivity contribution in [2.75, 3.05) is 13.7 Å².